The van der Waals surface area contributed by atoms with Crippen molar-refractivity contribution < 1.29 is 21.6 Å². The predicted octanol–water partition coefficient (Wildman–Crippen LogP) is 3.07. The number of halogens is 3. The molecule has 0 spiro atoms. The molecule has 0 amide bonds. The number of anilines is 1. The van der Waals surface area contributed by atoms with Gasteiger partial charge in [0.05, 0.1) is 16.2 Å². The fourth-order valence-electron chi connectivity index (χ4n) is 3.29. The average Bonchev–Trinajstić information content (AvgIpc) is 2.79. The molecule has 0 saturated carbocycles. The van der Waals surface area contributed by atoms with E-state index in [9.17, 15) is 21.6 Å². The Morgan fingerprint density at radius 2 is 1.45 bits per heavy atom. The highest BCUT2D eigenvalue weighted by molar-refractivity contribution is 7.89. The van der Waals surface area contributed by atoms with Gasteiger partial charge in [-0.05, 0) is 48.5 Å². The summed E-state index contributed by atoms with van der Waals surface area (Å²) in [5, 5.41) is 8.46. The first-order valence-corrected chi connectivity index (χ1v) is 10.9. The zero-order valence-electron chi connectivity index (χ0n) is 16.2. The molecule has 0 aliphatic carbocycles. The summed E-state index contributed by atoms with van der Waals surface area (Å²) in [7, 11) is -3.88. The van der Waals surface area contributed by atoms with Crippen molar-refractivity contribution in [2.75, 3.05) is 31.1 Å². The van der Waals surface area contributed by atoms with Crippen LogP contribution in [0.5, 0.6) is 0 Å². The molecule has 31 heavy (non-hydrogen) atoms. The van der Waals surface area contributed by atoms with Crippen molar-refractivity contribution in [1.29, 1.82) is 0 Å². The van der Waals surface area contributed by atoms with Gasteiger partial charge in [0, 0.05) is 44.1 Å². The molecular formula is C20H18F3N5O2S. The van der Waals surface area contributed by atoms with E-state index in [1.54, 1.807) is 12.4 Å². The summed E-state index contributed by atoms with van der Waals surface area (Å²) in [6.07, 6.45) is -1.18. The van der Waals surface area contributed by atoms with Crippen molar-refractivity contribution in [2.24, 2.45) is 0 Å². The standard InChI is InChI=1S/C20H18F3N5O2S/c21-20(22,23)16-1-3-17(4-2-16)31(29,30)28-13-11-27(12-14-28)19-6-5-18(25-26-19)15-7-9-24-10-8-15/h1-10H,11-14H2. The zero-order chi connectivity index (χ0) is 22.1. The third-order valence-corrected chi connectivity index (χ3v) is 6.92. The maximum absolute atomic E-state index is 12.8. The van der Waals surface area contributed by atoms with Gasteiger partial charge in [0.2, 0.25) is 10.0 Å². The lowest BCUT2D eigenvalue weighted by molar-refractivity contribution is -0.137. The Morgan fingerprint density at radius 3 is 2.00 bits per heavy atom. The molecule has 0 atom stereocenters. The van der Waals surface area contributed by atoms with E-state index < -0.39 is 21.8 Å². The van der Waals surface area contributed by atoms with Crippen LogP contribution in [0.4, 0.5) is 19.0 Å². The minimum absolute atomic E-state index is 0.157. The van der Waals surface area contributed by atoms with Crippen LogP contribution in [0.25, 0.3) is 11.3 Å². The fourth-order valence-corrected chi connectivity index (χ4v) is 4.72. The maximum Gasteiger partial charge on any atom is 0.416 e. The molecule has 0 N–H and O–H groups in total. The highest BCUT2D eigenvalue weighted by Gasteiger charge is 2.32. The van der Waals surface area contributed by atoms with Crippen molar-refractivity contribution in [3.63, 3.8) is 0 Å². The Balaban J connectivity index is 1.42. The third kappa shape index (κ3) is 4.52. The molecule has 11 heteroatoms. The normalized spacial score (nSPS) is 15.8. The first kappa shape index (κ1) is 21.2. The van der Waals surface area contributed by atoms with Crippen LogP contribution in [0.3, 0.4) is 0 Å². The molecule has 3 aromatic rings. The second kappa shape index (κ2) is 8.23. The Hall–Kier alpha value is -3.05. The summed E-state index contributed by atoms with van der Waals surface area (Å²) in [6.45, 7) is 1.17. The summed E-state index contributed by atoms with van der Waals surface area (Å²) in [5.41, 5.74) is 0.709. The highest BCUT2D eigenvalue weighted by Crippen LogP contribution is 2.30. The number of rotatable bonds is 4. The smallest absolute Gasteiger partial charge is 0.352 e. The van der Waals surface area contributed by atoms with Gasteiger partial charge in [0.15, 0.2) is 5.82 Å². The molecule has 1 saturated heterocycles. The van der Waals surface area contributed by atoms with Crippen LogP contribution in [-0.4, -0.2) is 54.1 Å². The number of alkyl halides is 3. The topological polar surface area (TPSA) is 79.3 Å². The molecule has 1 fully saturated rings. The van der Waals surface area contributed by atoms with Gasteiger partial charge in [-0.25, -0.2) is 8.42 Å². The Kier molecular flexibility index (Phi) is 5.63. The van der Waals surface area contributed by atoms with Gasteiger partial charge >= 0.3 is 6.18 Å². The van der Waals surface area contributed by atoms with Crippen LogP contribution in [0.2, 0.25) is 0 Å². The number of piperazine rings is 1. The summed E-state index contributed by atoms with van der Waals surface area (Å²) in [6, 6.07) is 10.9. The lowest BCUT2D eigenvalue weighted by Crippen LogP contribution is -2.49. The van der Waals surface area contributed by atoms with Crippen molar-refractivity contribution in [3.8, 4) is 11.3 Å². The van der Waals surface area contributed by atoms with Crippen molar-refractivity contribution >= 4 is 15.8 Å². The molecular weight excluding hydrogens is 431 g/mol. The molecule has 162 valence electrons. The number of benzene rings is 1. The zero-order valence-corrected chi connectivity index (χ0v) is 17.0. The molecule has 4 rings (SSSR count). The minimum atomic E-state index is -4.51. The Morgan fingerprint density at radius 1 is 0.806 bits per heavy atom. The van der Waals surface area contributed by atoms with Crippen LogP contribution in [0.15, 0.2) is 65.8 Å². The van der Waals surface area contributed by atoms with Gasteiger partial charge in [0.25, 0.3) is 0 Å². The Labute approximate surface area is 177 Å². The molecule has 0 bridgehead atoms. The number of hydrogen-bond donors (Lipinski definition) is 0. The second-order valence-electron chi connectivity index (χ2n) is 6.93. The summed E-state index contributed by atoms with van der Waals surface area (Å²) in [4.78, 5) is 5.73. The van der Waals surface area contributed by atoms with Crippen LogP contribution in [-0.2, 0) is 16.2 Å². The van der Waals surface area contributed by atoms with Gasteiger partial charge in [-0.1, -0.05) is 0 Å². The minimum Gasteiger partial charge on any atom is -0.352 e. The van der Waals surface area contributed by atoms with Gasteiger partial charge < -0.3 is 4.90 Å². The van der Waals surface area contributed by atoms with Crippen LogP contribution in [0, 0.1) is 0 Å². The number of aromatic nitrogens is 3. The quantitative estimate of drug-likeness (QED) is 0.609. The SMILES string of the molecule is O=S(=O)(c1ccc(C(F)(F)F)cc1)N1CCN(c2ccc(-c3ccncc3)nn2)CC1. The molecule has 1 aromatic carbocycles. The van der Waals surface area contributed by atoms with E-state index in [-0.39, 0.29) is 18.0 Å². The number of pyridine rings is 1. The average molecular weight is 449 g/mol. The van der Waals surface area contributed by atoms with Gasteiger partial charge in [-0.2, -0.15) is 17.5 Å². The Bertz CT molecular complexity index is 1130. The first-order valence-electron chi connectivity index (χ1n) is 9.42. The van der Waals surface area contributed by atoms with Gasteiger partial charge in [-0.15, -0.1) is 10.2 Å². The van der Waals surface area contributed by atoms with E-state index in [1.165, 1.54) is 4.31 Å². The molecule has 7 nitrogen and oxygen atoms in total. The van der Waals surface area contributed by atoms with Gasteiger partial charge in [-0.3, -0.25) is 4.98 Å². The number of nitrogens with zero attached hydrogens (tertiary/aromatic N) is 5. The third-order valence-electron chi connectivity index (χ3n) is 5.01. The van der Waals surface area contributed by atoms with Crippen LogP contribution >= 0.6 is 0 Å². The van der Waals surface area contributed by atoms with E-state index >= 15 is 0 Å². The second-order valence-corrected chi connectivity index (χ2v) is 8.86. The highest BCUT2D eigenvalue weighted by atomic mass is 32.2. The first-order chi connectivity index (χ1) is 14.7. The summed E-state index contributed by atoms with van der Waals surface area (Å²) in [5.74, 6) is 0.629. The van der Waals surface area contributed by atoms with Crippen molar-refractivity contribution in [3.05, 3.63) is 66.5 Å². The largest absolute Gasteiger partial charge is 0.416 e. The molecule has 1 aliphatic rings. The molecule has 0 radical (unpaired) electrons. The fraction of sp³-hybridized carbons (Fsp3) is 0.250. The monoisotopic (exact) mass is 449 g/mol. The lowest BCUT2D eigenvalue weighted by Gasteiger charge is -2.34. The van der Waals surface area contributed by atoms with E-state index in [0.29, 0.717) is 24.6 Å². The number of sulfonamides is 1. The molecule has 2 aromatic heterocycles. The van der Waals surface area contributed by atoms with Crippen molar-refractivity contribution in [2.45, 2.75) is 11.1 Å². The van der Waals surface area contributed by atoms with E-state index in [0.717, 1.165) is 29.8 Å². The predicted molar refractivity (Wildman–Crippen MR) is 108 cm³/mol. The lowest BCUT2D eigenvalue weighted by atomic mass is 10.2. The van der Waals surface area contributed by atoms with E-state index in [4.69, 9.17) is 0 Å². The summed E-state index contributed by atoms with van der Waals surface area (Å²) >= 11 is 0. The summed E-state index contributed by atoms with van der Waals surface area (Å²) < 4.78 is 65.0. The van der Waals surface area contributed by atoms with E-state index in [2.05, 4.69) is 15.2 Å². The number of hydrogen-bond acceptors (Lipinski definition) is 6. The maximum atomic E-state index is 12.8. The molecule has 1 aliphatic heterocycles. The molecule has 0 unspecified atom stereocenters. The van der Waals surface area contributed by atoms with Crippen LogP contribution < -0.4 is 4.90 Å². The van der Waals surface area contributed by atoms with Crippen LogP contribution in [0.1, 0.15) is 5.56 Å². The van der Waals surface area contributed by atoms with E-state index in [1.807, 2.05) is 29.2 Å². The molecule has 3 heterocycles. The van der Waals surface area contributed by atoms with Gasteiger partial charge in [0.1, 0.15) is 0 Å². The van der Waals surface area contributed by atoms with Crippen molar-refractivity contribution in [1.82, 2.24) is 19.5 Å².